The minimum atomic E-state index is -0.727. The molecule has 1 heterocycles. The summed E-state index contributed by atoms with van der Waals surface area (Å²) in [6.07, 6.45) is -0.727. The van der Waals surface area contributed by atoms with Gasteiger partial charge in [-0.25, -0.2) is 4.79 Å². The van der Waals surface area contributed by atoms with Crippen molar-refractivity contribution in [1.29, 1.82) is 0 Å². The molecule has 0 N–H and O–H groups in total. The molecule has 8 heavy (non-hydrogen) atoms. The molecule has 1 aliphatic heterocycles. The predicted octanol–water partition coefficient (Wildman–Crippen LogP) is 0.923. The molecule has 0 aromatic rings. The van der Waals surface area contributed by atoms with Crippen molar-refractivity contribution in [1.82, 2.24) is 0 Å². The zero-order chi connectivity index (χ0) is 6.15. The van der Waals surface area contributed by atoms with E-state index in [2.05, 4.69) is 28.7 Å². The van der Waals surface area contributed by atoms with Crippen molar-refractivity contribution in [3.05, 3.63) is 12.3 Å². The number of thiol groups is 1. The Balaban J connectivity index is 2.64. The second-order valence-electron chi connectivity index (χ2n) is 1.29. The second-order valence-corrected chi connectivity index (χ2v) is 1.76. The Morgan fingerprint density at radius 3 is 2.50 bits per heavy atom. The van der Waals surface area contributed by atoms with Gasteiger partial charge in [0.15, 0.2) is 5.76 Å². The van der Waals surface area contributed by atoms with Crippen LogP contribution >= 0.6 is 12.6 Å². The number of ether oxygens (including phenoxy) is 2. The third-order valence-electron chi connectivity index (χ3n) is 0.698. The molecule has 1 saturated heterocycles. The molecule has 1 atom stereocenters. The van der Waals surface area contributed by atoms with Crippen LogP contribution in [-0.2, 0) is 9.47 Å². The minimum absolute atomic E-state index is 0.248. The van der Waals surface area contributed by atoms with Gasteiger partial charge in [-0.1, -0.05) is 6.58 Å². The van der Waals surface area contributed by atoms with Crippen LogP contribution in [-0.4, -0.2) is 11.6 Å². The summed E-state index contributed by atoms with van der Waals surface area (Å²) in [7, 11) is 0. The zero-order valence-corrected chi connectivity index (χ0v) is 4.85. The van der Waals surface area contributed by atoms with Gasteiger partial charge < -0.3 is 9.47 Å². The minimum Gasteiger partial charge on any atom is -0.411 e. The monoisotopic (exact) mass is 132 g/mol. The molecule has 0 aliphatic carbocycles. The highest BCUT2D eigenvalue weighted by molar-refractivity contribution is 7.81. The average molecular weight is 132 g/mol. The van der Waals surface area contributed by atoms with Gasteiger partial charge in [-0.3, -0.25) is 0 Å². The summed E-state index contributed by atoms with van der Waals surface area (Å²) < 4.78 is 8.72. The van der Waals surface area contributed by atoms with Gasteiger partial charge in [-0.2, -0.15) is 0 Å². The summed E-state index contributed by atoms with van der Waals surface area (Å²) in [6, 6.07) is 0. The van der Waals surface area contributed by atoms with Crippen molar-refractivity contribution in [2.24, 2.45) is 0 Å². The highest BCUT2D eigenvalue weighted by Gasteiger charge is 2.25. The molecular weight excluding hydrogens is 128 g/mol. The van der Waals surface area contributed by atoms with Gasteiger partial charge in [-0.15, -0.1) is 12.6 Å². The summed E-state index contributed by atoms with van der Waals surface area (Å²) in [5.74, 6) is 0.248. The lowest BCUT2D eigenvalue weighted by Gasteiger charge is -1.91. The normalized spacial score (nSPS) is 27.4. The predicted molar refractivity (Wildman–Crippen MR) is 29.5 cm³/mol. The Kier molecular flexibility index (Phi) is 1.17. The average Bonchev–Trinajstić information content (AvgIpc) is 1.85. The van der Waals surface area contributed by atoms with Crippen molar-refractivity contribution < 1.29 is 14.3 Å². The number of rotatable bonds is 0. The van der Waals surface area contributed by atoms with Crippen molar-refractivity contribution in [2.45, 2.75) is 5.44 Å². The molecule has 1 unspecified atom stereocenters. The SMILES string of the molecule is C=C1OC(=O)OC1S. The molecule has 0 bridgehead atoms. The van der Waals surface area contributed by atoms with Crippen LogP contribution in [0.3, 0.4) is 0 Å². The summed E-state index contributed by atoms with van der Waals surface area (Å²) >= 11 is 3.78. The number of cyclic esters (lactones) is 2. The standard InChI is InChI=1S/C4H4O3S/c1-2-3(8)7-4(5)6-2/h3,8H,1H2. The van der Waals surface area contributed by atoms with E-state index < -0.39 is 11.6 Å². The van der Waals surface area contributed by atoms with Crippen molar-refractivity contribution in [3.63, 3.8) is 0 Å². The molecule has 1 rings (SSSR count). The van der Waals surface area contributed by atoms with E-state index in [-0.39, 0.29) is 5.76 Å². The highest BCUT2D eigenvalue weighted by Crippen LogP contribution is 2.18. The fourth-order valence-electron chi connectivity index (χ4n) is 0.338. The van der Waals surface area contributed by atoms with Crippen LogP contribution in [0.25, 0.3) is 0 Å². The second kappa shape index (κ2) is 1.70. The summed E-state index contributed by atoms with van der Waals surface area (Å²) in [5.41, 5.74) is -0.581. The van der Waals surface area contributed by atoms with Crippen molar-refractivity contribution in [2.75, 3.05) is 0 Å². The number of hydrogen-bond acceptors (Lipinski definition) is 4. The van der Waals surface area contributed by atoms with E-state index in [1.54, 1.807) is 0 Å². The fourth-order valence-corrected chi connectivity index (χ4v) is 0.477. The molecule has 0 saturated carbocycles. The van der Waals surface area contributed by atoms with E-state index >= 15 is 0 Å². The Morgan fingerprint density at radius 1 is 1.75 bits per heavy atom. The van der Waals surface area contributed by atoms with Crippen LogP contribution in [0.5, 0.6) is 0 Å². The van der Waals surface area contributed by atoms with Crippen LogP contribution < -0.4 is 0 Å². The van der Waals surface area contributed by atoms with Gasteiger partial charge in [0.25, 0.3) is 0 Å². The van der Waals surface area contributed by atoms with Crippen LogP contribution in [0.2, 0.25) is 0 Å². The molecule has 3 nitrogen and oxygen atoms in total. The Morgan fingerprint density at radius 2 is 2.38 bits per heavy atom. The summed E-state index contributed by atoms with van der Waals surface area (Å²) in [5, 5.41) is 0. The lowest BCUT2D eigenvalue weighted by Crippen LogP contribution is -1.95. The molecule has 0 aromatic heterocycles. The van der Waals surface area contributed by atoms with Crippen molar-refractivity contribution >= 4 is 18.8 Å². The maximum Gasteiger partial charge on any atom is 0.515 e. The van der Waals surface area contributed by atoms with E-state index in [9.17, 15) is 4.79 Å². The summed E-state index contributed by atoms with van der Waals surface area (Å²) in [4.78, 5) is 10.1. The number of hydrogen-bond donors (Lipinski definition) is 1. The Labute approximate surface area is 51.7 Å². The van der Waals surface area contributed by atoms with Crippen LogP contribution in [0.1, 0.15) is 0 Å². The Bertz CT molecular complexity index is 142. The topological polar surface area (TPSA) is 35.5 Å². The first-order valence-electron chi connectivity index (χ1n) is 1.95. The molecule has 0 radical (unpaired) electrons. The molecule has 0 amide bonds. The quantitative estimate of drug-likeness (QED) is 0.393. The molecule has 0 spiro atoms. The van der Waals surface area contributed by atoms with Crippen LogP contribution in [0.4, 0.5) is 4.79 Å². The fraction of sp³-hybridized carbons (Fsp3) is 0.250. The first-order valence-corrected chi connectivity index (χ1v) is 2.47. The summed E-state index contributed by atoms with van der Waals surface area (Å²) in [6.45, 7) is 3.34. The van der Waals surface area contributed by atoms with Crippen LogP contribution in [0.15, 0.2) is 12.3 Å². The van der Waals surface area contributed by atoms with Gasteiger partial charge in [0.2, 0.25) is 5.44 Å². The molecule has 4 heteroatoms. The number of carbonyl (C=O) groups excluding carboxylic acids is 1. The largest absolute Gasteiger partial charge is 0.515 e. The van der Waals surface area contributed by atoms with Gasteiger partial charge in [-0.05, 0) is 0 Å². The lowest BCUT2D eigenvalue weighted by atomic mass is 10.6. The molecule has 1 fully saturated rings. The lowest BCUT2D eigenvalue weighted by molar-refractivity contribution is 0.132. The number of carbonyl (C=O) groups is 1. The highest BCUT2D eigenvalue weighted by atomic mass is 32.1. The molecule has 44 valence electrons. The third kappa shape index (κ3) is 0.790. The first kappa shape index (κ1) is 5.50. The van der Waals surface area contributed by atoms with Gasteiger partial charge in [0, 0.05) is 0 Å². The van der Waals surface area contributed by atoms with E-state index in [0.717, 1.165) is 0 Å². The Hall–Kier alpha value is -0.640. The molecular formula is C4H4O3S. The smallest absolute Gasteiger partial charge is 0.411 e. The third-order valence-corrected chi connectivity index (χ3v) is 1.09. The first-order chi connectivity index (χ1) is 3.70. The van der Waals surface area contributed by atoms with Gasteiger partial charge in [0.05, 0.1) is 0 Å². The maximum absolute atomic E-state index is 10.1. The van der Waals surface area contributed by atoms with Gasteiger partial charge >= 0.3 is 6.16 Å². The van der Waals surface area contributed by atoms with E-state index in [0.29, 0.717) is 0 Å². The van der Waals surface area contributed by atoms with E-state index in [1.807, 2.05) is 0 Å². The molecule has 1 aliphatic rings. The maximum atomic E-state index is 10.1. The van der Waals surface area contributed by atoms with Crippen LogP contribution in [0, 0.1) is 0 Å². The van der Waals surface area contributed by atoms with E-state index in [1.165, 1.54) is 0 Å². The molecule has 0 aromatic carbocycles. The van der Waals surface area contributed by atoms with Crippen molar-refractivity contribution in [3.8, 4) is 0 Å². The van der Waals surface area contributed by atoms with E-state index in [4.69, 9.17) is 0 Å². The zero-order valence-electron chi connectivity index (χ0n) is 3.96. The van der Waals surface area contributed by atoms with Gasteiger partial charge in [0.1, 0.15) is 0 Å².